The zero-order valence-electron chi connectivity index (χ0n) is 14.9. The fraction of sp³-hybridized carbons (Fsp3) is 0.300. The smallest absolute Gasteiger partial charge is 0.258 e. The lowest BCUT2D eigenvalue weighted by Gasteiger charge is -2.11. The predicted molar refractivity (Wildman–Crippen MR) is 99.7 cm³/mol. The van der Waals surface area contributed by atoms with E-state index < -0.39 is 0 Å². The number of aromatic nitrogens is 2. The van der Waals surface area contributed by atoms with Gasteiger partial charge in [0, 0.05) is 23.4 Å². The molecule has 26 heavy (non-hydrogen) atoms. The maximum Gasteiger partial charge on any atom is 0.258 e. The molecule has 1 N–H and O–H groups in total. The van der Waals surface area contributed by atoms with Gasteiger partial charge in [-0.15, -0.1) is 0 Å². The average molecular weight is 351 g/mol. The Hall–Kier alpha value is -3.02. The highest BCUT2D eigenvalue weighted by molar-refractivity contribution is 5.67. The summed E-state index contributed by atoms with van der Waals surface area (Å²) in [6.45, 7) is 6.00. The lowest BCUT2D eigenvalue weighted by molar-refractivity contribution is 0.288. The number of nitrogens with one attached hydrogen (secondary N) is 1. The molecular weight excluding hydrogens is 330 g/mol. The summed E-state index contributed by atoms with van der Waals surface area (Å²) in [5, 5.41) is 7.50. The first-order chi connectivity index (χ1) is 12.8. The first-order valence-corrected chi connectivity index (χ1v) is 8.89. The number of anilines is 1. The monoisotopic (exact) mass is 351 g/mol. The van der Waals surface area contributed by atoms with Gasteiger partial charge < -0.3 is 19.3 Å². The van der Waals surface area contributed by atoms with Crippen LogP contribution in [0.5, 0.6) is 11.5 Å². The molecule has 0 saturated heterocycles. The van der Waals surface area contributed by atoms with Crippen molar-refractivity contribution in [3.63, 3.8) is 0 Å². The third kappa shape index (κ3) is 3.10. The van der Waals surface area contributed by atoms with Crippen molar-refractivity contribution < 1.29 is 14.0 Å². The fourth-order valence-corrected chi connectivity index (χ4v) is 3.09. The minimum absolute atomic E-state index is 0.461. The Morgan fingerprint density at radius 2 is 1.81 bits per heavy atom. The molecule has 0 unspecified atom stereocenters. The van der Waals surface area contributed by atoms with Gasteiger partial charge in [-0.3, -0.25) is 0 Å². The summed E-state index contributed by atoms with van der Waals surface area (Å²) in [6, 6.07) is 11.8. The summed E-state index contributed by atoms with van der Waals surface area (Å²) in [7, 11) is 0. The number of benzene rings is 2. The largest absolute Gasteiger partial charge is 0.490 e. The first-order valence-electron chi connectivity index (χ1n) is 8.89. The van der Waals surface area contributed by atoms with E-state index in [0.717, 1.165) is 24.1 Å². The van der Waals surface area contributed by atoms with Crippen LogP contribution in [0.25, 0.3) is 22.8 Å². The van der Waals surface area contributed by atoms with E-state index >= 15 is 0 Å². The van der Waals surface area contributed by atoms with Crippen LogP contribution in [0.3, 0.4) is 0 Å². The summed E-state index contributed by atoms with van der Waals surface area (Å²) in [4.78, 5) is 4.56. The van der Waals surface area contributed by atoms with Gasteiger partial charge in [-0.05, 0) is 62.2 Å². The zero-order chi connectivity index (χ0) is 17.9. The number of hydrogen-bond donors (Lipinski definition) is 1. The SMILES string of the molecule is CCOc1ccc(-c2nc(-c3ccc4c(c3)CCN4)no2)cc1OCC. The summed E-state index contributed by atoms with van der Waals surface area (Å²) in [5.74, 6) is 2.43. The minimum Gasteiger partial charge on any atom is -0.490 e. The van der Waals surface area contributed by atoms with E-state index in [1.165, 1.54) is 11.3 Å². The molecule has 0 saturated carbocycles. The molecule has 134 valence electrons. The van der Waals surface area contributed by atoms with Crippen LogP contribution in [0.15, 0.2) is 40.9 Å². The highest BCUT2D eigenvalue weighted by Crippen LogP contribution is 2.33. The van der Waals surface area contributed by atoms with E-state index in [0.29, 0.717) is 36.4 Å². The van der Waals surface area contributed by atoms with Crippen molar-refractivity contribution in [1.29, 1.82) is 0 Å². The molecule has 1 aromatic heterocycles. The maximum absolute atomic E-state index is 5.67. The van der Waals surface area contributed by atoms with E-state index in [2.05, 4.69) is 27.6 Å². The number of hydrogen-bond acceptors (Lipinski definition) is 6. The molecule has 4 rings (SSSR count). The van der Waals surface area contributed by atoms with Gasteiger partial charge in [-0.25, -0.2) is 0 Å². The Morgan fingerprint density at radius 1 is 1.00 bits per heavy atom. The van der Waals surface area contributed by atoms with Crippen molar-refractivity contribution in [2.75, 3.05) is 25.1 Å². The van der Waals surface area contributed by atoms with Gasteiger partial charge in [-0.1, -0.05) is 5.16 Å². The van der Waals surface area contributed by atoms with E-state index in [1.54, 1.807) is 0 Å². The van der Waals surface area contributed by atoms with E-state index in [1.807, 2.05) is 38.1 Å². The van der Waals surface area contributed by atoms with Crippen molar-refractivity contribution in [2.24, 2.45) is 0 Å². The van der Waals surface area contributed by atoms with Crippen molar-refractivity contribution in [3.05, 3.63) is 42.0 Å². The van der Waals surface area contributed by atoms with Gasteiger partial charge in [0.05, 0.1) is 13.2 Å². The van der Waals surface area contributed by atoms with Gasteiger partial charge >= 0.3 is 0 Å². The van der Waals surface area contributed by atoms with Crippen LogP contribution in [0, 0.1) is 0 Å². The molecule has 0 aliphatic carbocycles. The number of fused-ring (bicyclic) bond motifs is 1. The van der Waals surface area contributed by atoms with Gasteiger partial charge in [0.1, 0.15) is 0 Å². The molecule has 6 heteroatoms. The van der Waals surface area contributed by atoms with Crippen LogP contribution in [0.4, 0.5) is 5.69 Å². The number of ether oxygens (including phenoxy) is 2. The average Bonchev–Trinajstić information content (AvgIpc) is 3.32. The summed E-state index contributed by atoms with van der Waals surface area (Å²) < 4.78 is 16.8. The van der Waals surface area contributed by atoms with Crippen molar-refractivity contribution in [3.8, 4) is 34.3 Å². The van der Waals surface area contributed by atoms with Crippen molar-refractivity contribution >= 4 is 5.69 Å². The Morgan fingerprint density at radius 3 is 2.65 bits per heavy atom. The standard InChI is InChI=1S/C20H21N3O3/c1-3-24-17-8-6-15(12-18(17)25-4-2)20-22-19(23-26-20)14-5-7-16-13(11-14)9-10-21-16/h5-8,11-12,21H,3-4,9-10H2,1-2H3. The van der Waals surface area contributed by atoms with Crippen LogP contribution < -0.4 is 14.8 Å². The maximum atomic E-state index is 5.67. The van der Waals surface area contributed by atoms with Gasteiger partial charge in [0.25, 0.3) is 5.89 Å². The second-order valence-corrected chi connectivity index (χ2v) is 6.00. The second kappa shape index (κ2) is 7.07. The Kier molecular flexibility index (Phi) is 4.48. The summed E-state index contributed by atoms with van der Waals surface area (Å²) >= 11 is 0. The van der Waals surface area contributed by atoms with Crippen molar-refractivity contribution in [1.82, 2.24) is 10.1 Å². The summed E-state index contributed by atoms with van der Waals surface area (Å²) in [5.41, 5.74) is 4.23. The van der Waals surface area contributed by atoms with Crippen LogP contribution >= 0.6 is 0 Å². The van der Waals surface area contributed by atoms with Gasteiger partial charge in [-0.2, -0.15) is 4.98 Å². The first kappa shape index (κ1) is 16.4. The second-order valence-electron chi connectivity index (χ2n) is 6.00. The highest BCUT2D eigenvalue weighted by atomic mass is 16.5. The lowest BCUT2D eigenvalue weighted by Crippen LogP contribution is -1.98. The topological polar surface area (TPSA) is 69.4 Å². The third-order valence-electron chi connectivity index (χ3n) is 4.29. The minimum atomic E-state index is 0.461. The molecule has 6 nitrogen and oxygen atoms in total. The molecule has 3 aromatic rings. The molecule has 1 aliphatic heterocycles. The zero-order valence-corrected chi connectivity index (χ0v) is 14.9. The molecule has 0 atom stereocenters. The molecule has 0 bridgehead atoms. The molecule has 1 aliphatic rings. The molecule has 0 amide bonds. The Labute approximate surface area is 152 Å². The van der Waals surface area contributed by atoms with E-state index in [4.69, 9.17) is 14.0 Å². The summed E-state index contributed by atoms with van der Waals surface area (Å²) in [6.07, 6.45) is 1.02. The van der Waals surface area contributed by atoms with Crippen LogP contribution in [0.2, 0.25) is 0 Å². The molecule has 0 spiro atoms. The Balaban J connectivity index is 1.64. The third-order valence-corrected chi connectivity index (χ3v) is 4.29. The fourth-order valence-electron chi connectivity index (χ4n) is 3.09. The number of nitrogens with zero attached hydrogens (tertiary/aromatic N) is 2. The van der Waals surface area contributed by atoms with E-state index in [9.17, 15) is 0 Å². The van der Waals surface area contributed by atoms with Crippen LogP contribution in [-0.2, 0) is 6.42 Å². The normalized spacial score (nSPS) is 12.5. The van der Waals surface area contributed by atoms with E-state index in [-0.39, 0.29) is 0 Å². The quantitative estimate of drug-likeness (QED) is 0.719. The van der Waals surface area contributed by atoms with Crippen molar-refractivity contribution in [2.45, 2.75) is 20.3 Å². The Bertz CT molecular complexity index is 920. The predicted octanol–water partition coefficient (Wildman–Crippen LogP) is 4.17. The molecule has 2 heterocycles. The van der Waals surface area contributed by atoms with Crippen LogP contribution in [0.1, 0.15) is 19.4 Å². The lowest BCUT2D eigenvalue weighted by atomic mass is 10.1. The highest BCUT2D eigenvalue weighted by Gasteiger charge is 2.16. The molecule has 2 aromatic carbocycles. The molecule has 0 fully saturated rings. The molecule has 0 radical (unpaired) electrons. The molecular formula is C20H21N3O3. The van der Waals surface area contributed by atoms with Gasteiger partial charge in [0.15, 0.2) is 11.5 Å². The van der Waals surface area contributed by atoms with Gasteiger partial charge in [0.2, 0.25) is 5.82 Å². The van der Waals surface area contributed by atoms with Crippen LogP contribution in [-0.4, -0.2) is 29.9 Å². The number of rotatable bonds is 6.